The zero-order valence-corrected chi connectivity index (χ0v) is 12.1. The second-order valence-corrected chi connectivity index (χ2v) is 6.20. The number of nitrogens with two attached hydrogens (primary N) is 1. The molecule has 0 aromatic rings. The number of carbonyl (C=O) groups is 1. The molecule has 0 radical (unpaired) electrons. The van der Waals surface area contributed by atoms with Gasteiger partial charge in [0.25, 0.3) is 0 Å². The van der Waals surface area contributed by atoms with Crippen molar-refractivity contribution in [2.24, 2.45) is 11.7 Å². The third-order valence-corrected chi connectivity index (χ3v) is 4.42. The van der Waals surface area contributed by atoms with E-state index in [1.54, 1.807) is 0 Å². The summed E-state index contributed by atoms with van der Waals surface area (Å²) in [6.45, 7) is 3.43. The number of amides is 1. The van der Waals surface area contributed by atoms with Gasteiger partial charge in [-0.25, -0.2) is 0 Å². The van der Waals surface area contributed by atoms with Crippen molar-refractivity contribution in [3.8, 4) is 0 Å². The predicted molar refractivity (Wildman–Crippen MR) is 78.3 cm³/mol. The average molecular weight is 274 g/mol. The Bertz CT molecular complexity index is 265. The molecule has 1 heterocycles. The molecule has 0 spiro atoms. The van der Waals surface area contributed by atoms with Crippen LogP contribution >= 0.6 is 24.0 Å². The Morgan fingerprint density at radius 1 is 1.47 bits per heavy atom. The molecule has 3 nitrogen and oxygen atoms in total. The van der Waals surface area contributed by atoms with Gasteiger partial charge >= 0.3 is 0 Å². The Labute approximate surface area is 113 Å². The van der Waals surface area contributed by atoms with Crippen molar-refractivity contribution in [3.05, 3.63) is 0 Å². The first-order chi connectivity index (χ1) is 8.13. The van der Waals surface area contributed by atoms with Crippen molar-refractivity contribution in [1.82, 2.24) is 4.90 Å². The first kappa shape index (κ1) is 14.8. The molecule has 0 unspecified atom stereocenters. The standard InChI is InChI=1S/C12H22N2OS2/c1-2-14(6-3-11(13)16)12(15)9-10-4-7-17-8-5-10/h10H,2-9H2,1H3,(H2,13,16). The van der Waals surface area contributed by atoms with Crippen LogP contribution in [-0.4, -0.2) is 40.4 Å². The van der Waals surface area contributed by atoms with E-state index >= 15 is 0 Å². The lowest BCUT2D eigenvalue weighted by atomic mass is 9.98. The molecule has 17 heavy (non-hydrogen) atoms. The zero-order chi connectivity index (χ0) is 12.7. The highest BCUT2D eigenvalue weighted by Gasteiger charge is 2.20. The molecule has 0 bridgehead atoms. The van der Waals surface area contributed by atoms with E-state index in [4.69, 9.17) is 18.0 Å². The van der Waals surface area contributed by atoms with Crippen LogP contribution in [-0.2, 0) is 4.79 Å². The molecule has 0 saturated carbocycles. The minimum Gasteiger partial charge on any atom is -0.393 e. The Morgan fingerprint density at radius 2 is 2.12 bits per heavy atom. The molecule has 1 saturated heterocycles. The summed E-state index contributed by atoms with van der Waals surface area (Å²) in [7, 11) is 0. The number of hydrogen-bond acceptors (Lipinski definition) is 3. The largest absolute Gasteiger partial charge is 0.393 e. The summed E-state index contributed by atoms with van der Waals surface area (Å²) in [5, 5.41) is 0. The van der Waals surface area contributed by atoms with Crippen LogP contribution in [0.25, 0.3) is 0 Å². The van der Waals surface area contributed by atoms with Crippen molar-refractivity contribution in [3.63, 3.8) is 0 Å². The van der Waals surface area contributed by atoms with Gasteiger partial charge in [-0.15, -0.1) is 0 Å². The van der Waals surface area contributed by atoms with Crippen molar-refractivity contribution in [2.45, 2.75) is 32.6 Å². The van der Waals surface area contributed by atoms with Crippen LogP contribution in [0, 0.1) is 5.92 Å². The van der Waals surface area contributed by atoms with Gasteiger partial charge in [-0.3, -0.25) is 4.79 Å². The van der Waals surface area contributed by atoms with Gasteiger partial charge in [-0.2, -0.15) is 11.8 Å². The van der Waals surface area contributed by atoms with Gasteiger partial charge in [-0.1, -0.05) is 12.2 Å². The van der Waals surface area contributed by atoms with Crippen LogP contribution < -0.4 is 5.73 Å². The van der Waals surface area contributed by atoms with Crippen LogP contribution in [0.3, 0.4) is 0 Å². The van der Waals surface area contributed by atoms with E-state index in [0.717, 1.165) is 6.54 Å². The van der Waals surface area contributed by atoms with Gasteiger partial charge in [0, 0.05) is 25.9 Å². The summed E-state index contributed by atoms with van der Waals surface area (Å²) in [5.74, 6) is 3.26. The van der Waals surface area contributed by atoms with E-state index < -0.39 is 0 Å². The first-order valence-electron chi connectivity index (χ1n) is 6.27. The van der Waals surface area contributed by atoms with Gasteiger partial charge < -0.3 is 10.6 Å². The van der Waals surface area contributed by atoms with Crippen molar-refractivity contribution >= 4 is 34.9 Å². The van der Waals surface area contributed by atoms with E-state index in [0.29, 0.717) is 30.3 Å². The summed E-state index contributed by atoms with van der Waals surface area (Å²) in [4.78, 5) is 14.5. The molecule has 0 atom stereocenters. The van der Waals surface area contributed by atoms with E-state index in [1.807, 2.05) is 23.6 Å². The Kier molecular flexibility index (Phi) is 6.89. The molecule has 5 heteroatoms. The van der Waals surface area contributed by atoms with Crippen LogP contribution in [0.2, 0.25) is 0 Å². The second-order valence-electron chi connectivity index (χ2n) is 4.45. The lowest BCUT2D eigenvalue weighted by molar-refractivity contribution is -0.132. The molecule has 1 aliphatic heterocycles. The molecule has 1 fully saturated rings. The topological polar surface area (TPSA) is 46.3 Å². The number of hydrogen-bond donors (Lipinski definition) is 1. The van der Waals surface area contributed by atoms with E-state index in [-0.39, 0.29) is 5.91 Å². The van der Waals surface area contributed by atoms with E-state index in [9.17, 15) is 4.79 Å². The Morgan fingerprint density at radius 3 is 2.65 bits per heavy atom. The van der Waals surface area contributed by atoms with Crippen molar-refractivity contribution in [1.29, 1.82) is 0 Å². The quantitative estimate of drug-likeness (QED) is 0.753. The minimum atomic E-state index is 0.264. The number of rotatable bonds is 6. The average Bonchev–Trinajstić information content (AvgIpc) is 2.30. The second kappa shape index (κ2) is 7.93. The van der Waals surface area contributed by atoms with Gasteiger partial charge in [0.1, 0.15) is 0 Å². The molecular weight excluding hydrogens is 252 g/mol. The van der Waals surface area contributed by atoms with Crippen LogP contribution in [0.1, 0.15) is 32.6 Å². The SMILES string of the molecule is CCN(CCC(N)=S)C(=O)CC1CCSCC1. The molecular formula is C12H22N2OS2. The maximum atomic E-state index is 12.1. The summed E-state index contributed by atoms with van der Waals surface area (Å²) in [6, 6.07) is 0. The van der Waals surface area contributed by atoms with Crippen LogP contribution in [0.15, 0.2) is 0 Å². The number of carbonyl (C=O) groups excluding carboxylic acids is 1. The molecule has 0 aromatic heterocycles. The van der Waals surface area contributed by atoms with Gasteiger partial charge in [0.2, 0.25) is 5.91 Å². The number of thiocarbonyl (C=S) groups is 1. The van der Waals surface area contributed by atoms with Crippen molar-refractivity contribution < 1.29 is 4.79 Å². The monoisotopic (exact) mass is 274 g/mol. The normalized spacial score (nSPS) is 16.8. The molecule has 2 N–H and O–H groups in total. The summed E-state index contributed by atoms with van der Waals surface area (Å²) < 4.78 is 0. The Hall–Kier alpha value is -0.290. The highest BCUT2D eigenvalue weighted by molar-refractivity contribution is 7.99. The van der Waals surface area contributed by atoms with Crippen LogP contribution in [0.5, 0.6) is 0 Å². The van der Waals surface area contributed by atoms with Gasteiger partial charge in [0.15, 0.2) is 0 Å². The predicted octanol–water partition coefficient (Wildman–Crippen LogP) is 2.04. The maximum Gasteiger partial charge on any atom is 0.222 e. The lowest BCUT2D eigenvalue weighted by Gasteiger charge is -2.25. The maximum absolute atomic E-state index is 12.1. The fraction of sp³-hybridized carbons (Fsp3) is 0.833. The fourth-order valence-electron chi connectivity index (χ4n) is 2.03. The summed E-state index contributed by atoms with van der Waals surface area (Å²) in [5.41, 5.74) is 5.47. The molecule has 0 aliphatic carbocycles. The molecule has 1 amide bonds. The zero-order valence-electron chi connectivity index (χ0n) is 10.5. The summed E-state index contributed by atoms with van der Waals surface area (Å²) in [6.07, 6.45) is 3.70. The first-order valence-corrected chi connectivity index (χ1v) is 7.83. The lowest BCUT2D eigenvalue weighted by Crippen LogP contribution is -2.35. The Balaban J connectivity index is 2.34. The van der Waals surface area contributed by atoms with Gasteiger partial charge in [-0.05, 0) is 37.2 Å². The summed E-state index contributed by atoms with van der Waals surface area (Å²) >= 11 is 6.84. The number of nitrogens with zero attached hydrogens (tertiary/aromatic N) is 1. The highest BCUT2D eigenvalue weighted by atomic mass is 32.2. The van der Waals surface area contributed by atoms with E-state index in [1.165, 1.54) is 24.3 Å². The molecule has 0 aromatic carbocycles. The van der Waals surface area contributed by atoms with Gasteiger partial charge in [0.05, 0.1) is 4.99 Å². The van der Waals surface area contributed by atoms with E-state index in [2.05, 4.69) is 0 Å². The molecule has 1 rings (SSSR count). The molecule has 1 aliphatic rings. The van der Waals surface area contributed by atoms with Crippen LogP contribution in [0.4, 0.5) is 0 Å². The molecule has 98 valence electrons. The third-order valence-electron chi connectivity index (χ3n) is 3.17. The highest BCUT2D eigenvalue weighted by Crippen LogP contribution is 2.25. The third kappa shape index (κ3) is 5.73. The fourth-order valence-corrected chi connectivity index (χ4v) is 3.33. The minimum absolute atomic E-state index is 0.264. The smallest absolute Gasteiger partial charge is 0.222 e. The number of thioether (sulfide) groups is 1. The van der Waals surface area contributed by atoms with Crippen molar-refractivity contribution in [2.75, 3.05) is 24.6 Å².